The lowest BCUT2D eigenvalue weighted by Crippen LogP contribution is -2.26. The van der Waals surface area contributed by atoms with Crippen molar-refractivity contribution >= 4 is 35.0 Å². The molecule has 2 rings (SSSR count). The molecule has 6 nitrogen and oxygen atoms in total. The summed E-state index contributed by atoms with van der Waals surface area (Å²) in [5.74, 6) is -1.69. The topological polar surface area (TPSA) is 91.1 Å². The second-order valence-electron chi connectivity index (χ2n) is 4.81. The molecule has 0 bridgehead atoms. The number of amides is 1. The van der Waals surface area contributed by atoms with Crippen LogP contribution in [0, 0.1) is 19.7 Å². The fourth-order valence-corrected chi connectivity index (χ4v) is 2.86. The Hall–Kier alpha value is -2.22. The fraction of sp³-hybridized carbons (Fsp3) is 0.286. The molecule has 1 unspecified atom stereocenters. The van der Waals surface area contributed by atoms with Crippen LogP contribution in [0.2, 0.25) is 0 Å². The number of carbonyl (C=O) groups excluding carboxylic acids is 1. The molecule has 1 aliphatic rings. The number of aliphatic carboxylic acids is 1. The van der Waals surface area contributed by atoms with Gasteiger partial charge < -0.3 is 10.4 Å². The average Bonchev–Trinajstić information content (AvgIpc) is 2.75. The van der Waals surface area contributed by atoms with Crippen molar-refractivity contribution in [1.82, 2.24) is 5.32 Å². The lowest BCUT2D eigenvalue weighted by molar-refractivity contribution is -0.138. The van der Waals surface area contributed by atoms with Crippen molar-refractivity contribution < 1.29 is 19.1 Å². The van der Waals surface area contributed by atoms with Crippen LogP contribution in [0.1, 0.15) is 23.1 Å². The Kier molecular flexibility index (Phi) is 4.92. The molecule has 2 N–H and O–H groups in total. The Morgan fingerprint density at radius 3 is 2.68 bits per heavy atom. The average molecular weight is 323 g/mol. The number of thioether (sulfide) groups is 1. The number of carboxylic acid groups (broad SMARTS) is 1. The van der Waals surface area contributed by atoms with Crippen LogP contribution in [0.25, 0.3) is 0 Å². The maximum absolute atomic E-state index is 13.5. The van der Waals surface area contributed by atoms with Gasteiger partial charge in [0.1, 0.15) is 11.1 Å². The molecule has 0 radical (unpaired) electrons. The van der Waals surface area contributed by atoms with Gasteiger partial charge in [-0.25, -0.2) is 4.39 Å². The Balaban J connectivity index is 2.06. The van der Waals surface area contributed by atoms with Crippen molar-refractivity contribution in [2.24, 2.45) is 10.2 Å². The van der Waals surface area contributed by atoms with Gasteiger partial charge >= 0.3 is 5.97 Å². The maximum Gasteiger partial charge on any atom is 0.305 e. The van der Waals surface area contributed by atoms with Crippen LogP contribution in [0.5, 0.6) is 0 Å². The SMILES string of the molecule is Cc1cc(C=NN=C2NC(=O)C(CC(=O)O)S2)cc(C)c1F. The van der Waals surface area contributed by atoms with Crippen LogP contribution in [-0.2, 0) is 9.59 Å². The third-order valence-corrected chi connectivity index (χ3v) is 4.02. The first-order valence-corrected chi connectivity index (χ1v) is 7.32. The predicted molar refractivity (Wildman–Crippen MR) is 82.7 cm³/mol. The van der Waals surface area contributed by atoms with Gasteiger partial charge in [0, 0.05) is 0 Å². The first kappa shape index (κ1) is 16.2. The zero-order valence-corrected chi connectivity index (χ0v) is 12.8. The van der Waals surface area contributed by atoms with Gasteiger partial charge in [-0.3, -0.25) is 9.59 Å². The second kappa shape index (κ2) is 6.69. The molecule has 116 valence electrons. The van der Waals surface area contributed by atoms with E-state index in [0.29, 0.717) is 16.7 Å². The third kappa shape index (κ3) is 3.91. The molecule has 1 amide bonds. The molecule has 22 heavy (non-hydrogen) atoms. The van der Waals surface area contributed by atoms with E-state index in [9.17, 15) is 14.0 Å². The molecule has 0 spiro atoms. The molecule has 1 aliphatic heterocycles. The Morgan fingerprint density at radius 2 is 2.09 bits per heavy atom. The summed E-state index contributed by atoms with van der Waals surface area (Å²) >= 11 is 1.03. The summed E-state index contributed by atoms with van der Waals surface area (Å²) in [4.78, 5) is 22.1. The van der Waals surface area contributed by atoms with E-state index in [0.717, 1.165) is 11.8 Å². The number of amidine groups is 1. The fourth-order valence-electron chi connectivity index (χ4n) is 1.95. The van der Waals surface area contributed by atoms with Crippen molar-refractivity contribution in [3.8, 4) is 0 Å². The van der Waals surface area contributed by atoms with E-state index in [1.807, 2.05) is 0 Å². The van der Waals surface area contributed by atoms with Gasteiger partial charge in [-0.1, -0.05) is 11.8 Å². The summed E-state index contributed by atoms with van der Waals surface area (Å²) in [6.45, 7) is 3.32. The molecule has 8 heteroatoms. The maximum atomic E-state index is 13.5. The number of nitrogens with one attached hydrogen (secondary N) is 1. The highest BCUT2D eigenvalue weighted by Crippen LogP contribution is 2.22. The van der Waals surface area contributed by atoms with E-state index in [2.05, 4.69) is 15.5 Å². The molecular formula is C14H14FN3O3S. The highest BCUT2D eigenvalue weighted by atomic mass is 32.2. The predicted octanol–water partition coefficient (Wildman–Crippen LogP) is 1.84. The van der Waals surface area contributed by atoms with Gasteiger partial charge in [0.25, 0.3) is 0 Å². The minimum atomic E-state index is -1.05. The van der Waals surface area contributed by atoms with Crippen LogP contribution < -0.4 is 5.32 Å². The molecule has 1 heterocycles. The highest BCUT2D eigenvalue weighted by molar-refractivity contribution is 8.15. The number of halogens is 1. The first-order chi connectivity index (χ1) is 10.4. The number of benzene rings is 1. The summed E-state index contributed by atoms with van der Waals surface area (Å²) in [5.41, 5.74) is 1.72. The standard InChI is InChI=1S/C14H14FN3O3S/c1-7-3-9(4-8(2)12(7)15)6-16-18-14-17-13(21)10(22-14)5-11(19)20/h3-4,6,10H,5H2,1-2H3,(H,19,20)(H,17,18,21). The molecule has 1 atom stereocenters. The van der Waals surface area contributed by atoms with Crippen molar-refractivity contribution in [2.45, 2.75) is 25.5 Å². The number of aryl methyl sites for hydroxylation is 2. The molecule has 1 fully saturated rings. The van der Waals surface area contributed by atoms with Crippen molar-refractivity contribution in [3.63, 3.8) is 0 Å². The molecule has 1 aromatic carbocycles. The third-order valence-electron chi connectivity index (χ3n) is 2.95. The summed E-state index contributed by atoms with van der Waals surface area (Å²) in [5, 5.41) is 18.4. The van der Waals surface area contributed by atoms with Crippen LogP contribution in [-0.4, -0.2) is 33.6 Å². The van der Waals surface area contributed by atoms with E-state index in [1.54, 1.807) is 26.0 Å². The number of rotatable bonds is 4. The van der Waals surface area contributed by atoms with Crippen molar-refractivity contribution in [1.29, 1.82) is 0 Å². The van der Waals surface area contributed by atoms with Gasteiger partial charge in [-0.2, -0.15) is 5.10 Å². The van der Waals surface area contributed by atoms with Gasteiger partial charge in [0.2, 0.25) is 5.91 Å². The molecule has 0 saturated carbocycles. The van der Waals surface area contributed by atoms with E-state index < -0.39 is 17.1 Å². The quantitative estimate of drug-likeness (QED) is 0.653. The van der Waals surface area contributed by atoms with Crippen LogP contribution in [0.15, 0.2) is 22.3 Å². The molecular weight excluding hydrogens is 309 g/mol. The number of carboxylic acids is 1. The second-order valence-corrected chi connectivity index (χ2v) is 6.00. The van der Waals surface area contributed by atoms with E-state index in [1.165, 1.54) is 6.21 Å². The Morgan fingerprint density at radius 1 is 1.45 bits per heavy atom. The number of nitrogens with zero attached hydrogens (tertiary/aromatic N) is 2. The number of hydrogen-bond donors (Lipinski definition) is 2. The minimum absolute atomic E-state index is 0.251. The van der Waals surface area contributed by atoms with Crippen molar-refractivity contribution in [2.75, 3.05) is 0 Å². The summed E-state index contributed by atoms with van der Waals surface area (Å²) < 4.78 is 13.5. The number of carbonyl (C=O) groups is 2. The van der Waals surface area contributed by atoms with Gasteiger partial charge in [0.15, 0.2) is 5.17 Å². The van der Waals surface area contributed by atoms with Crippen molar-refractivity contribution in [3.05, 3.63) is 34.6 Å². The minimum Gasteiger partial charge on any atom is -0.481 e. The highest BCUT2D eigenvalue weighted by Gasteiger charge is 2.32. The first-order valence-electron chi connectivity index (χ1n) is 6.44. The molecule has 0 aliphatic carbocycles. The zero-order chi connectivity index (χ0) is 16.3. The Bertz CT molecular complexity index is 665. The lowest BCUT2D eigenvalue weighted by atomic mass is 10.1. The van der Waals surface area contributed by atoms with Crippen LogP contribution in [0.4, 0.5) is 4.39 Å². The van der Waals surface area contributed by atoms with E-state index in [-0.39, 0.29) is 17.4 Å². The largest absolute Gasteiger partial charge is 0.481 e. The van der Waals surface area contributed by atoms with E-state index >= 15 is 0 Å². The number of hydrogen-bond acceptors (Lipinski definition) is 5. The molecule has 1 aromatic rings. The Labute approximate surface area is 130 Å². The monoisotopic (exact) mass is 323 g/mol. The summed E-state index contributed by atoms with van der Waals surface area (Å²) in [6.07, 6.45) is 1.18. The normalized spacial score (nSPS) is 19.9. The smallest absolute Gasteiger partial charge is 0.305 e. The molecule has 0 aromatic heterocycles. The summed E-state index contributed by atoms with van der Waals surface area (Å²) in [7, 11) is 0. The van der Waals surface area contributed by atoms with Gasteiger partial charge in [-0.15, -0.1) is 5.10 Å². The van der Waals surface area contributed by atoms with Gasteiger partial charge in [0.05, 0.1) is 12.6 Å². The molecule has 1 saturated heterocycles. The van der Waals surface area contributed by atoms with Crippen LogP contribution >= 0.6 is 11.8 Å². The lowest BCUT2D eigenvalue weighted by Gasteiger charge is -2.02. The zero-order valence-electron chi connectivity index (χ0n) is 12.0. The van der Waals surface area contributed by atoms with Gasteiger partial charge in [-0.05, 0) is 42.7 Å². The summed E-state index contributed by atoms with van der Waals surface area (Å²) in [6, 6.07) is 3.28. The van der Waals surface area contributed by atoms with Crippen LogP contribution in [0.3, 0.4) is 0 Å². The van der Waals surface area contributed by atoms with E-state index in [4.69, 9.17) is 5.11 Å².